The Labute approximate surface area is 161 Å². The first kappa shape index (κ1) is 19.4. The first-order valence-electron chi connectivity index (χ1n) is 9.70. The summed E-state index contributed by atoms with van der Waals surface area (Å²) in [4.78, 5) is 23.1. The van der Waals surface area contributed by atoms with Gasteiger partial charge in [0.05, 0.1) is 0 Å². The van der Waals surface area contributed by atoms with Crippen molar-refractivity contribution in [2.75, 3.05) is 26.2 Å². The zero-order valence-electron chi connectivity index (χ0n) is 16.5. The first-order chi connectivity index (χ1) is 13.0. The van der Waals surface area contributed by atoms with E-state index in [0.29, 0.717) is 13.1 Å². The van der Waals surface area contributed by atoms with Crippen LogP contribution in [0.25, 0.3) is 5.82 Å². The molecular formula is C20H30N6O. The normalized spacial score (nSPS) is 20.4. The highest BCUT2D eigenvalue weighted by Crippen LogP contribution is 2.20. The van der Waals surface area contributed by atoms with E-state index in [2.05, 4.69) is 39.3 Å². The van der Waals surface area contributed by atoms with Gasteiger partial charge in [-0.2, -0.15) is 0 Å². The van der Waals surface area contributed by atoms with Crippen LogP contribution in [0.2, 0.25) is 0 Å². The van der Waals surface area contributed by atoms with Gasteiger partial charge in [0.2, 0.25) is 0 Å². The Morgan fingerprint density at radius 3 is 2.59 bits per heavy atom. The minimum atomic E-state index is -0.136. The molecule has 27 heavy (non-hydrogen) atoms. The Balaban J connectivity index is 1.38. The molecule has 1 saturated heterocycles. The van der Waals surface area contributed by atoms with Crippen LogP contribution in [0.5, 0.6) is 0 Å². The van der Waals surface area contributed by atoms with Crippen molar-refractivity contribution >= 4 is 6.03 Å². The third-order valence-corrected chi connectivity index (χ3v) is 4.99. The number of nitrogens with zero attached hydrogens (tertiary/aromatic N) is 4. The summed E-state index contributed by atoms with van der Waals surface area (Å²) in [5, 5.41) is 5.84. The van der Waals surface area contributed by atoms with Crippen molar-refractivity contribution in [3.05, 3.63) is 42.1 Å². The third-order valence-electron chi connectivity index (χ3n) is 4.99. The molecule has 0 aromatic carbocycles. The summed E-state index contributed by atoms with van der Waals surface area (Å²) in [5.41, 5.74) is 0.963. The third kappa shape index (κ3) is 5.53. The van der Waals surface area contributed by atoms with E-state index < -0.39 is 0 Å². The maximum Gasteiger partial charge on any atom is 0.315 e. The predicted molar refractivity (Wildman–Crippen MR) is 106 cm³/mol. The van der Waals surface area contributed by atoms with Crippen LogP contribution in [0.3, 0.4) is 0 Å². The van der Waals surface area contributed by atoms with Crippen LogP contribution in [0.4, 0.5) is 4.79 Å². The van der Waals surface area contributed by atoms with Crippen molar-refractivity contribution in [2.45, 2.75) is 33.7 Å². The SMILES string of the molecule is Cc1nccn1-c1ccc(CNC(=O)NCCN2C[C@H](C)C[C@H](C)C2)cn1. The van der Waals surface area contributed by atoms with Gasteiger partial charge in [0.25, 0.3) is 0 Å². The number of piperidine rings is 1. The summed E-state index contributed by atoms with van der Waals surface area (Å²) in [6, 6.07) is 3.77. The number of carbonyl (C=O) groups excluding carboxylic acids is 1. The van der Waals surface area contributed by atoms with E-state index >= 15 is 0 Å². The number of nitrogens with one attached hydrogen (secondary N) is 2. The first-order valence-corrected chi connectivity index (χ1v) is 9.70. The van der Waals surface area contributed by atoms with Crippen molar-refractivity contribution in [1.29, 1.82) is 0 Å². The molecule has 2 atom stereocenters. The molecule has 146 valence electrons. The van der Waals surface area contributed by atoms with Crippen LogP contribution in [-0.2, 0) is 6.54 Å². The van der Waals surface area contributed by atoms with Gasteiger partial charge in [-0.05, 0) is 36.8 Å². The molecule has 1 fully saturated rings. The Morgan fingerprint density at radius 1 is 1.19 bits per heavy atom. The van der Waals surface area contributed by atoms with Gasteiger partial charge in [-0.25, -0.2) is 14.8 Å². The Bertz CT molecular complexity index is 731. The van der Waals surface area contributed by atoms with E-state index in [1.807, 2.05) is 29.8 Å². The number of hydrogen-bond donors (Lipinski definition) is 2. The lowest BCUT2D eigenvalue weighted by atomic mass is 9.92. The molecule has 2 aromatic rings. The van der Waals surface area contributed by atoms with Crippen molar-refractivity contribution in [2.24, 2.45) is 11.8 Å². The second-order valence-corrected chi connectivity index (χ2v) is 7.68. The maximum atomic E-state index is 12.0. The number of pyridine rings is 1. The number of likely N-dealkylation sites (tertiary alicyclic amines) is 1. The molecule has 0 radical (unpaired) electrons. The second kappa shape index (κ2) is 8.99. The van der Waals surface area contributed by atoms with Crippen LogP contribution in [0, 0.1) is 18.8 Å². The number of hydrogen-bond acceptors (Lipinski definition) is 4. The van der Waals surface area contributed by atoms with Crippen LogP contribution in [-0.4, -0.2) is 51.6 Å². The molecule has 1 aliphatic heterocycles. The van der Waals surface area contributed by atoms with Crippen LogP contribution in [0.15, 0.2) is 30.7 Å². The summed E-state index contributed by atoms with van der Waals surface area (Å²) in [6.45, 7) is 10.8. The van der Waals surface area contributed by atoms with Gasteiger partial charge in [-0.15, -0.1) is 0 Å². The molecule has 0 bridgehead atoms. The standard InChI is InChI=1S/C20H30N6O/c1-15-10-16(2)14-25(13-15)8-6-22-20(27)24-12-18-4-5-19(23-11-18)26-9-7-21-17(26)3/h4-5,7,9,11,15-16H,6,8,10,12-14H2,1-3H3,(H2,22,24,27)/t15-,16+. The van der Waals surface area contributed by atoms with E-state index in [1.165, 1.54) is 6.42 Å². The predicted octanol–water partition coefficient (Wildman–Crippen LogP) is 2.35. The molecule has 3 heterocycles. The number of urea groups is 1. The summed E-state index contributed by atoms with van der Waals surface area (Å²) in [5.74, 6) is 3.20. The van der Waals surface area contributed by atoms with Gasteiger partial charge in [0, 0.05) is 51.3 Å². The zero-order chi connectivity index (χ0) is 19.2. The lowest BCUT2D eigenvalue weighted by molar-refractivity contribution is 0.142. The van der Waals surface area contributed by atoms with Gasteiger partial charge in [-0.3, -0.25) is 4.57 Å². The van der Waals surface area contributed by atoms with E-state index in [9.17, 15) is 4.79 Å². The number of carbonyl (C=O) groups is 1. The Kier molecular flexibility index (Phi) is 6.45. The molecule has 3 rings (SSSR count). The fourth-order valence-electron chi connectivity index (χ4n) is 3.83. The lowest BCUT2D eigenvalue weighted by Crippen LogP contribution is -2.44. The van der Waals surface area contributed by atoms with E-state index in [-0.39, 0.29) is 6.03 Å². The van der Waals surface area contributed by atoms with Crippen LogP contribution < -0.4 is 10.6 Å². The molecule has 2 amide bonds. The molecule has 2 N–H and O–H groups in total. The highest BCUT2D eigenvalue weighted by atomic mass is 16.2. The van der Waals surface area contributed by atoms with Crippen LogP contribution in [0.1, 0.15) is 31.7 Å². The Morgan fingerprint density at radius 2 is 1.96 bits per heavy atom. The fraction of sp³-hybridized carbons (Fsp3) is 0.550. The van der Waals surface area contributed by atoms with Crippen molar-refractivity contribution in [3.63, 3.8) is 0 Å². The molecule has 1 aliphatic rings. The highest BCUT2D eigenvalue weighted by molar-refractivity contribution is 5.73. The molecule has 0 spiro atoms. The molecule has 7 nitrogen and oxygen atoms in total. The number of aryl methyl sites for hydroxylation is 1. The summed E-state index contributed by atoms with van der Waals surface area (Å²) in [7, 11) is 0. The number of rotatable bonds is 6. The fourth-order valence-corrected chi connectivity index (χ4v) is 3.83. The number of imidazole rings is 1. The van der Waals surface area contributed by atoms with Gasteiger partial charge >= 0.3 is 6.03 Å². The highest BCUT2D eigenvalue weighted by Gasteiger charge is 2.21. The van der Waals surface area contributed by atoms with Crippen LogP contribution >= 0.6 is 0 Å². The molecule has 0 unspecified atom stereocenters. The van der Waals surface area contributed by atoms with Gasteiger partial charge in [0.1, 0.15) is 11.6 Å². The van der Waals surface area contributed by atoms with E-state index in [1.54, 1.807) is 12.4 Å². The van der Waals surface area contributed by atoms with E-state index in [4.69, 9.17) is 0 Å². The van der Waals surface area contributed by atoms with Gasteiger partial charge < -0.3 is 15.5 Å². The average molecular weight is 371 g/mol. The molecular weight excluding hydrogens is 340 g/mol. The topological polar surface area (TPSA) is 75.1 Å². The van der Waals surface area contributed by atoms with Gasteiger partial charge in [-0.1, -0.05) is 19.9 Å². The molecule has 7 heteroatoms. The largest absolute Gasteiger partial charge is 0.337 e. The number of amides is 2. The second-order valence-electron chi connectivity index (χ2n) is 7.68. The molecule has 2 aromatic heterocycles. The quantitative estimate of drug-likeness (QED) is 0.818. The number of aromatic nitrogens is 3. The monoisotopic (exact) mass is 370 g/mol. The maximum absolute atomic E-state index is 12.0. The average Bonchev–Trinajstić information content (AvgIpc) is 3.05. The van der Waals surface area contributed by atoms with Crippen molar-refractivity contribution in [1.82, 2.24) is 30.1 Å². The summed E-state index contributed by atoms with van der Waals surface area (Å²) >= 11 is 0. The summed E-state index contributed by atoms with van der Waals surface area (Å²) < 4.78 is 1.92. The minimum absolute atomic E-state index is 0.136. The van der Waals surface area contributed by atoms with E-state index in [0.717, 1.165) is 48.7 Å². The molecule has 0 saturated carbocycles. The summed E-state index contributed by atoms with van der Waals surface area (Å²) in [6.07, 6.45) is 6.72. The Hall–Kier alpha value is -2.41. The van der Waals surface area contributed by atoms with Crippen molar-refractivity contribution in [3.8, 4) is 5.82 Å². The molecule has 0 aliphatic carbocycles. The minimum Gasteiger partial charge on any atom is -0.337 e. The van der Waals surface area contributed by atoms with Gasteiger partial charge in [0.15, 0.2) is 0 Å². The van der Waals surface area contributed by atoms with Crippen molar-refractivity contribution < 1.29 is 4.79 Å². The smallest absolute Gasteiger partial charge is 0.315 e. The zero-order valence-corrected chi connectivity index (χ0v) is 16.5. The lowest BCUT2D eigenvalue weighted by Gasteiger charge is -2.34.